The summed E-state index contributed by atoms with van der Waals surface area (Å²) in [5, 5.41) is 11.6. The molecule has 0 aliphatic heterocycles. The van der Waals surface area contributed by atoms with E-state index in [2.05, 4.69) is 24.6 Å². The van der Waals surface area contributed by atoms with Crippen LogP contribution < -0.4 is 10.1 Å². The molecule has 0 atom stereocenters. The molecule has 0 saturated heterocycles. The van der Waals surface area contributed by atoms with Crippen LogP contribution in [-0.4, -0.2) is 35.4 Å². The summed E-state index contributed by atoms with van der Waals surface area (Å²) >= 11 is 0. The number of hydrogen-bond acceptors (Lipinski definition) is 4. The fourth-order valence-electron chi connectivity index (χ4n) is 3.01. The van der Waals surface area contributed by atoms with E-state index in [1.807, 2.05) is 23.0 Å². The van der Waals surface area contributed by atoms with Gasteiger partial charge in [0, 0.05) is 33.1 Å². The highest BCUT2D eigenvalue weighted by atomic mass is 28.3. The Bertz CT molecular complexity index is 1060. The Kier molecular flexibility index (Phi) is 6.42. The summed E-state index contributed by atoms with van der Waals surface area (Å²) in [6, 6.07) is 6.77. The molecule has 0 aliphatic carbocycles. The minimum absolute atomic E-state index is 0.132. The lowest BCUT2D eigenvalue weighted by Gasteiger charge is -2.15. The Labute approximate surface area is 175 Å². The van der Waals surface area contributed by atoms with Gasteiger partial charge in [0.15, 0.2) is 5.82 Å². The van der Waals surface area contributed by atoms with Gasteiger partial charge < -0.3 is 19.1 Å². The Hall–Kier alpha value is -2.91. The second-order valence-electron chi connectivity index (χ2n) is 8.31. The number of ether oxygens (including phenoxy) is 2. The van der Waals surface area contributed by atoms with Crippen LogP contribution in [0.5, 0.6) is 11.5 Å². The molecule has 30 heavy (non-hydrogen) atoms. The van der Waals surface area contributed by atoms with Crippen molar-refractivity contribution < 1.29 is 23.8 Å². The molecule has 0 saturated carbocycles. The molecule has 1 aromatic carbocycles. The van der Waals surface area contributed by atoms with Gasteiger partial charge in [-0.25, -0.2) is 14.2 Å². The van der Waals surface area contributed by atoms with Crippen molar-refractivity contribution in [3.05, 3.63) is 48.0 Å². The van der Waals surface area contributed by atoms with E-state index in [9.17, 15) is 9.18 Å². The standard InChI is InChI=1S/C21H26FN3O4Si/c1-14-12-25(13-28-9-10-30(2,3)4)20-19(14)18(7-8-23-20)29-15-5-6-17(16(22)11-15)24-21(26)27/h5-8,11-12,24H,9-10,13H2,1-4H3,(H,26,27). The smallest absolute Gasteiger partial charge is 0.409 e. The fraction of sp³-hybridized carbons (Fsp3) is 0.333. The number of hydrogen-bond donors (Lipinski definition) is 2. The Balaban J connectivity index is 1.80. The number of nitrogens with zero attached hydrogens (tertiary/aromatic N) is 2. The van der Waals surface area contributed by atoms with E-state index in [4.69, 9.17) is 14.6 Å². The minimum atomic E-state index is -1.33. The second-order valence-corrected chi connectivity index (χ2v) is 13.9. The van der Waals surface area contributed by atoms with Gasteiger partial charge in [0.25, 0.3) is 0 Å². The van der Waals surface area contributed by atoms with Gasteiger partial charge >= 0.3 is 6.09 Å². The van der Waals surface area contributed by atoms with Crippen LogP contribution in [0.2, 0.25) is 25.7 Å². The molecule has 3 aromatic rings. The molecule has 160 valence electrons. The lowest BCUT2D eigenvalue weighted by Crippen LogP contribution is -2.22. The number of rotatable bonds is 8. The van der Waals surface area contributed by atoms with Crippen molar-refractivity contribution in [1.29, 1.82) is 0 Å². The molecule has 0 fully saturated rings. The zero-order valence-electron chi connectivity index (χ0n) is 17.5. The quantitative estimate of drug-likeness (QED) is 0.354. The normalized spacial score (nSPS) is 11.6. The number of benzene rings is 1. The first-order valence-electron chi connectivity index (χ1n) is 9.63. The van der Waals surface area contributed by atoms with Crippen molar-refractivity contribution in [2.24, 2.45) is 0 Å². The average molecular weight is 432 g/mol. The highest BCUT2D eigenvalue weighted by Crippen LogP contribution is 2.33. The fourth-order valence-corrected chi connectivity index (χ4v) is 3.77. The minimum Gasteiger partial charge on any atom is -0.465 e. The summed E-state index contributed by atoms with van der Waals surface area (Å²) in [5.41, 5.74) is 1.56. The van der Waals surface area contributed by atoms with Crippen LogP contribution in [0.3, 0.4) is 0 Å². The maximum atomic E-state index is 14.1. The SMILES string of the molecule is Cc1cn(COCC[Si](C)(C)C)c2nccc(Oc3ccc(NC(=O)O)c(F)c3)c12. The number of carboxylic acid groups (broad SMARTS) is 1. The first-order valence-corrected chi connectivity index (χ1v) is 13.3. The number of anilines is 1. The highest BCUT2D eigenvalue weighted by molar-refractivity contribution is 6.76. The third kappa shape index (κ3) is 5.36. The molecule has 2 aromatic heterocycles. The summed E-state index contributed by atoms with van der Waals surface area (Å²) in [6.45, 7) is 9.99. The molecule has 1 amide bonds. The van der Waals surface area contributed by atoms with Crippen molar-refractivity contribution in [2.45, 2.75) is 39.3 Å². The summed E-state index contributed by atoms with van der Waals surface area (Å²) in [5.74, 6) is 0.0801. The Morgan fingerprint density at radius 1 is 1.30 bits per heavy atom. The number of pyridine rings is 1. The van der Waals surface area contributed by atoms with E-state index in [0.717, 1.165) is 28.7 Å². The van der Waals surface area contributed by atoms with Gasteiger partial charge in [-0.2, -0.15) is 0 Å². The predicted octanol–water partition coefficient (Wildman–Crippen LogP) is 5.68. The van der Waals surface area contributed by atoms with E-state index >= 15 is 0 Å². The number of aromatic nitrogens is 2. The van der Waals surface area contributed by atoms with Crippen LogP contribution in [0.1, 0.15) is 5.56 Å². The predicted molar refractivity (Wildman–Crippen MR) is 117 cm³/mol. The van der Waals surface area contributed by atoms with Gasteiger partial charge in [-0.1, -0.05) is 19.6 Å². The van der Waals surface area contributed by atoms with Crippen LogP contribution in [0.25, 0.3) is 11.0 Å². The van der Waals surface area contributed by atoms with Crippen molar-refractivity contribution in [1.82, 2.24) is 9.55 Å². The first-order chi connectivity index (χ1) is 14.1. The number of aryl methyl sites for hydroxylation is 1. The number of amides is 1. The van der Waals surface area contributed by atoms with Crippen LogP contribution >= 0.6 is 0 Å². The van der Waals surface area contributed by atoms with E-state index in [-0.39, 0.29) is 11.4 Å². The van der Waals surface area contributed by atoms with Crippen LogP contribution in [0.4, 0.5) is 14.9 Å². The molecule has 0 bridgehead atoms. The largest absolute Gasteiger partial charge is 0.465 e. The van der Waals surface area contributed by atoms with Crippen molar-refractivity contribution in [2.75, 3.05) is 11.9 Å². The van der Waals surface area contributed by atoms with Crippen LogP contribution in [-0.2, 0) is 11.5 Å². The average Bonchev–Trinajstić information content (AvgIpc) is 2.97. The van der Waals surface area contributed by atoms with E-state index in [1.165, 1.54) is 12.1 Å². The van der Waals surface area contributed by atoms with Gasteiger partial charge in [-0.3, -0.25) is 5.32 Å². The Morgan fingerprint density at radius 3 is 2.73 bits per heavy atom. The third-order valence-corrected chi connectivity index (χ3v) is 6.25. The van der Waals surface area contributed by atoms with Crippen molar-refractivity contribution in [3.63, 3.8) is 0 Å². The monoisotopic (exact) mass is 431 g/mol. The summed E-state index contributed by atoms with van der Waals surface area (Å²) in [7, 11) is -1.15. The van der Waals surface area contributed by atoms with Gasteiger partial charge in [0.1, 0.15) is 23.9 Å². The molecular formula is C21H26FN3O4Si. The molecule has 2 N–H and O–H groups in total. The third-order valence-electron chi connectivity index (χ3n) is 4.55. The van der Waals surface area contributed by atoms with Gasteiger partial charge in [-0.05, 0) is 36.7 Å². The first kappa shape index (κ1) is 21.8. The maximum Gasteiger partial charge on any atom is 0.409 e. The van der Waals surface area contributed by atoms with Crippen LogP contribution in [0.15, 0.2) is 36.7 Å². The number of halogens is 1. The highest BCUT2D eigenvalue weighted by Gasteiger charge is 2.15. The molecule has 2 heterocycles. The summed E-state index contributed by atoms with van der Waals surface area (Å²) < 4.78 is 27.8. The second kappa shape index (κ2) is 8.84. The number of fused-ring (bicyclic) bond motifs is 1. The van der Waals surface area contributed by atoms with Crippen LogP contribution in [0, 0.1) is 12.7 Å². The summed E-state index contributed by atoms with van der Waals surface area (Å²) in [4.78, 5) is 15.2. The van der Waals surface area contributed by atoms with E-state index in [0.29, 0.717) is 19.1 Å². The van der Waals surface area contributed by atoms with Crippen molar-refractivity contribution in [3.8, 4) is 11.5 Å². The molecule has 3 rings (SSSR count). The lowest BCUT2D eigenvalue weighted by atomic mass is 10.2. The topological polar surface area (TPSA) is 85.6 Å². The zero-order valence-corrected chi connectivity index (χ0v) is 18.5. The number of carbonyl (C=O) groups is 1. The van der Waals surface area contributed by atoms with E-state index < -0.39 is 20.0 Å². The zero-order chi connectivity index (χ0) is 21.9. The molecule has 0 unspecified atom stereocenters. The number of nitrogens with one attached hydrogen (secondary N) is 1. The molecule has 0 spiro atoms. The van der Waals surface area contributed by atoms with Crippen molar-refractivity contribution >= 4 is 30.9 Å². The molecular weight excluding hydrogens is 405 g/mol. The Morgan fingerprint density at radius 2 is 2.07 bits per heavy atom. The molecule has 7 nitrogen and oxygen atoms in total. The summed E-state index contributed by atoms with van der Waals surface area (Å²) in [6.07, 6.45) is 2.26. The maximum absolute atomic E-state index is 14.1. The molecule has 0 aliphatic rings. The lowest BCUT2D eigenvalue weighted by molar-refractivity contribution is 0.0898. The van der Waals surface area contributed by atoms with Gasteiger partial charge in [0.2, 0.25) is 0 Å². The molecule has 0 radical (unpaired) electrons. The van der Waals surface area contributed by atoms with Gasteiger partial charge in [-0.15, -0.1) is 0 Å². The van der Waals surface area contributed by atoms with Gasteiger partial charge in [0.05, 0.1) is 11.1 Å². The molecule has 9 heteroatoms. The van der Waals surface area contributed by atoms with E-state index in [1.54, 1.807) is 12.3 Å².